The monoisotopic (exact) mass is 726 g/mol. The van der Waals surface area contributed by atoms with E-state index in [1.165, 1.54) is 25.0 Å². The van der Waals surface area contributed by atoms with Gasteiger partial charge in [-0.3, -0.25) is 14.2 Å². The molecule has 2 heterocycles. The number of aliphatic hydroxyl groups excluding tert-OH is 2. The lowest BCUT2D eigenvalue weighted by molar-refractivity contribution is 0.0683. The van der Waals surface area contributed by atoms with Gasteiger partial charge in [-0.2, -0.15) is 10.2 Å². The number of amides is 1. The summed E-state index contributed by atoms with van der Waals surface area (Å²) in [5.74, 6) is -1.99. The fourth-order valence-corrected chi connectivity index (χ4v) is 3.64. The summed E-state index contributed by atoms with van der Waals surface area (Å²) in [5, 5.41) is 35.7. The lowest BCUT2D eigenvalue weighted by Gasteiger charge is -2.06. The summed E-state index contributed by atoms with van der Waals surface area (Å²) in [5.41, 5.74) is 7.06. The lowest BCUT2D eigenvalue weighted by Crippen LogP contribution is -2.23. The highest BCUT2D eigenvalue weighted by Gasteiger charge is 2.23. The maximum absolute atomic E-state index is 12.8. The number of alkyl halides is 4. The molecule has 4 rings (SSSR count). The number of hydrogen-bond donors (Lipinski definition) is 5. The third-order valence-corrected chi connectivity index (χ3v) is 5.64. The van der Waals surface area contributed by atoms with Crippen LogP contribution < -0.4 is 11.1 Å². The van der Waals surface area contributed by atoms with Gasteiger partial charge in [-0.15, -0.1) is 0 Å². The molecule has 6 N–H and O–H groups in total. The fourth-order valence-electron chi connectivity index (χ4n) is 3.64. The SMILES string of the molecule is Cn1cc(C(=O)NCc2cccc(CO)c2)c(C(F)F)n1.Cn1cc(C(=O)O)c(C(F)F)n1.NCc1cccc(CO)c1.O=S(Cl)Cl. The molecule has 0 aliphatic carbocycles. The van der Waals surface area contributed by atoms with Crippen LogP contribution in [0.5, 0.6) is 0 Å². The van der Waals surface area contributed by atoms with E-state index in [1.54, 1.807) is 24.3 Å². The Balaban J connectivity index is 0.000000359. The number of hydrogen-bond acceptors (Lipinski definition) is 8. The summed E-state index contributed by atoms with van der Waals surface area (Å²) in [6, 6.07) is 14.6. The van der Waals surface area contributed by atoms with Crippen LogP contribution in [0.3, 0.4) is 0 Å². The Kier molecular flexibility index (Phi) is 18.5. The average Bonchev–Trinajstić information content (AvgIpc) is 3.63. The minimum Gasteiger partial charge on any atom is -0.478 e. The zero-order chi connectivity index (χ0) is 35.7. The highest BCUT2D eigenvalue weighted by Crippen LogP contribution is 2.21. The van der Waals surface area contributed by atoms with E-state index in [4.69, 9.17) is 25.3 Å². The molecule has 258 valence electrons. The van der Waals surface area contributed by atoms with Crippen LogP contribution >= 0.6 is 21.4 Å². The molecular weight excluding hydrogens is 695 g/mol. The second-order valence-electron chi connectivity index (χ2n) is 9.14. The smallest absolute Gasteiger partial charge is 0.339 e. The van der Waals surface area contributed by atoms with Crippen molar-refractivity contribution in [3.05, 3.63) is 106 Å². The number of nitrogens with one attached hydrogen (secondary N) is 1. The van der Waals surface area contributed by atoms with Gasteiger partial charge in [0.05, 0.1) is 18.8 Å². The number of carbonyl (C=O) groups excluding carboxylic acids is 1. The quantitative estimate of drug-likeness (QED) is 0.122. The molecule has 19 heteroatoms. The standard InChI is InChI=1S/C14H15F2N3O2.C8H11NO.C6H6F2N2O2.Cl2OS/c1-19-7-11(12(18-19)13(15)16)14(21)17-6-9-3-2-4-10(5-9)8-20;9-5-7-2-1-3-8(4-7)6-10;1-10-2-3(6(11)12)4(9-10)5(7)8;1-4(2)3/h2-5,7,13,20H,6,8H2,1H3,(H,17,21);1-4,10H,5-6,9H2;2,5H,1H3,(H,11,12);. The molecule has 0 unspecified atom stereocenters. The van der Waals surface area contributed by atoms with Crippen LogP contribution in [0.1, 0.15) is 67.2 Å². The number of rotatable bonds is 9. The number of nitrogens with zero attached hydrogens (tertiary/aromatic N) is 4. The first-order chi connectivity index (χ1) is 22.1. The molecule has 2 aromatic heterocycles. The van der Waals surface area contributed by atoms with Crippen LogP contribution in [-0.2, 0) is 49.6 Å². The molecule has 0 aliphatic rings. The molecule has 0 fully saturated rings. The van der Waals surface area contributed by atoms with Gasteiger partial charge in [-0.25, -0.2) is 26.6 Å². The summed E-state index contributed by atoms with van der Waals surface area (Å²) in [4.78, 5) is 22.3. The third kappa shape index (κ3) is 15.1. The highest BCUT2D eigenvalue weighted by atomic mass is 36.0. The number of aliphatic hydroxyl groups is 2. The zero-order valence-electron chi connectivity index (χ0n) is 24.9. The number of carboxylic acids is 1. The third-order valence-electron chi connectivity index (χ3n) is 5.64. The van der Waals surface area contributed by atoms with Gasteiger partial charge in [-0.05, 0) is 22.3 Å². The second kappa shape index (κ2) is 21.1. The molecule has 0 bridgehead atoms. The number of aromatic nitrogens is 4. The Labute approximate surface area is 278 Å². The summed E-state index contributed by atoms with van der Waals surface area (Å²) in [7, 11) is 10.2. The van der Waals surface area contributed by atoms with Crippen molar-refractivity contribution in [3.8, 4) is 0 Å². The summed E-state index contributed by atoms with van der Waals surface area (Å²) < 4.78 is 61.0. The van der Waals surface area contributed by atoms with Crippen LogP contribution in [0.2, 0.25) is 0 Å². The predicted molar refractivity (Wildman–Crippen MR) is 167 cm³/mol. The minimum absolute atomic E-state index is 0.0911. The number of halogens is 6. The largest absolute Gasteiger partial charge is 0.478 e. The number of benzene rings is 2. The molecule has 0 radical (unpaired) electrons. The molecule has 0 saturated heterocycles. The van der Waals surface area contributed by atoms with E-state index in [1.807, 2.05) is 24.3 Å². The molecule has 12 nitrogen and oxygen atoms in total. The van der Waals surface area contributed by atoms with Crippen molar-refractivity contribution in [2.75, 3.05) is 0 Å². The van der Waals surface area contributed by atoms with Gasteiger partial charge in [0, 0.05) is 60.9 Å². The van der Waals surface area contributed by atoms with Crippen molar-refractivity contribution in [3.63, 3.8) is 0 Å². The number of aryl methyl sites for hydroxylation is 2. The van der Waals surface area contributed by atoms with E-state index in [0.29, 0.717) is 6.54 Å². The van der Waals surface area contributed by atoms with Crippen LogP contribution in [-0.4, -0.2) is 51.0 Å². The highest BCUT2D eigenvalue weighted by molar-refractivity contribution is 8.26. The van der Waals surface area contributed by atoms with Crippen LogP contribution in [0.25, 0.3) is 0 Å². The number of nitrogens with two attached hydrogens (primary N) is 1. The van der Waals surface area contributed by atoms with Crippen molar-refractivity contribution in [1.29, 1.82) is 0 Å². The maximum atomic E-state index is 12.8. The molecule has 4 aromatic rings. The van der Waals surface area contributed by atoms with Gasteiger partial charge in [0.2, 0.25) is 9.23 Å². The summed E-state index contributed by atoms with van der Waals surface area (Å²) in [6.07, 6.45) is -3.34. The van der Waals surface area contributed by atoms with Crippen molar-refractivity contribution < 1.29 is 46.7 Å². The first-order valence-corrected chi connectivity index (χ1v) is 15.9. The first-order valence-electron chi connectivity index (χ1n) is 13.1. The van der Waals surface area contributed by atoms with Gasteiger partial charge in [0.25, 0.3) is 18.8 Å². The van der Waals surface area contributed by atoms with Gasteiger partial charge in [0.15, 0.2) is 0 Å². The van der Waals surface area contributed by atoms with Crippen molar-refractivity contribution in [2.24, 2.45) is 19.8 Å². The van der Waals surface area contributed by atoms with Crippen molar-refractivity contribution in [1.82, 2.24) is 24.9 Å². The molecule has 1 amide bonds. The zero-order valence-corrected chi connectivity index (χ0v) is 27.2. The number of aromatic carboxylic acids is 1. The Morgan fingerprint density at radius 1 is 0.851 bits per heavy atom. The average molecular weight is 728 g/mol. The normalized spacial score (nSPS) is 10.4. The van der Waals surface area contributed by atoms with Gasteiger partial charge in [0.1, 0.15) is 17.0 Å². The van der Waals surface area contributed by atoms with Gasteiger partial charge in [-0.1, -0.05) is 48.5 Å². The Bertz CT molecular complexity index is 1590. The molecular formula is C28H32Cl2F4N6O6S. The molecule has 47 heavy (non-hydrogen) atoms. The molecule has 2 aromatic carbocycles. The Morgan fingerprint density at radius 3 is 1.66 bits per heavy atom. The number of carbonyl (C=O) groups is 2. The van der Waals surface area contributed by atoms with Crippen LogP contribution in [0.15, 0.2) is 60.9 Å². The molecule has 0 spiro atoms. The van der Waals surface area contributed by atoms with Crippen LogP contribution in [0.4, 0.5) is 17.6 Å². The van der Waals surface area contributed by atoms with Gasteiger partial charge >= 0.3 is 5.97 Å². The van der Waals surface area contributed by atoms with E-state index in [2.05, 4.69) is 36.9 Å². The van der Waals surface area contributed by atoms with E-state index < -0.39 is 50.9 Å². The van der Waals surface area contributed by atoms with E-state index >= 15 is 0 Å². The summed E-state index contributed by atoms with van der Waals surface area (Å²) >= 11 is 0. The van der Waals surface area contributed by atoms with E-state index in [9.17, 15) is 27.2 Å². The topological polar surface area (TPSA) is 186 Å². The van der Waals surface area contributed by atoms with Crippen molar-refractivity contribution >= 4 is 42.5 Å². The molecule has 0 aliphatic heterocycles. The maximum Gasteiger partial charge on any atom is 0.339 e. The van der Waals surface area contributed by atoms with E-state index in [0.717, 1.165) is 33.1 Å². The molecule has 0 saturated carbocycles. The van der Waals surface area contributed by atoms with E-state index in [-0.39, 0.29) is 25.3 Å². The van der Waals surface area contributed by atoms with Crippen LogP contribution in [0, 0.1) is 0 Å². The first kappa shape index (κ1) is 41.2. The number of carboxylic acid groups (broad SMARTS) is 1. The Morgan fingerprint density at radius 2 is 1.26 bits per heavy atom. The minimum atomic E-state index is -2.85. The molecule has 0 atom stereocenters. The fraction of sp³-hybridized carbons (Fsp3) is 0.286. The second-order valence-corrected chi connectivity index (χ2v) is 11.7. The lowest BCUT2D eigenvalue weighted by atomic mass is 10.1. The predicted octanol–water partition coefficient (Wildman–Crippen LogP) is 4.52. The Hall–Kier alpha value is -3.87. The van der Waals surface area contributed by atoms with Crippen molar-refractivity contribution in [2.45, 2.75) is 39.2 Å². The van der Waals surface area contributed by atoms with Gasteiger partial charge < -0.3 is 26.4 Å². The summed E-state index contributed by atoms with van der Waals surface area (Å²) in [6.45, 7) is 0.714.